The van der Waals surface area contributed by atoms with Gasteiger partial charge in [-0.2, -0.15) is 8.78 Å². The summed E-state index contributed by atoms with van der Waals surface area (Å²) in [5.41, 5.74) is 0.587. The Labute approximate surface area is 141 Å². The van der Waals surface area contributed by atoms with Crippen molar-refractivity contribution >= 4 is 23.9 Å². The first-order valence-corrected chi connectivity index (χ1v) is 7.05. The number of anilines is 1. The van der Waals surface area contributed by atoms with Crippen LogP contribution in [0.1, 0.15) is 20.7 Å². The minimum Gasteiger partial charge on any atom is -0.452 e. The molecule has 0 saturated carbocycles. The van der Waals surface area contributed by atoms with E-state index >= 15 is 0 Å². The molecule has 0 aliphatic heterocycles. The molecule has 0 spiro atoms. The van der Waals surface area contributed by atoms with E-state index in [0.717, 1.165) is 0 Å². The molecule has 0 radical (unpaired) electrons. The van der Waals surface area contributed by atoms with E-state index in [-0.39, 0.29) is 17.0 Å². The van der Waals surface area contributed by atoms with Gasteiger partial charge >= 0.3 is 12.6 Å². The molecule has 8 heteroatoms. The summed E-state index contributed by atoms with van der Waals surface area (Å²) in [6.45, 7) is -3.65. The first-order valence-electron chi connectivity index (χ1n) is 7.05. The van der Waals surface area contributed by atoms with Crippen molar-refractivity contribution in [2.75, 3.05) is 11.9 Å². The van der Waals surface area contributed by atoms with E-state index in [1.165, 1.54) is 48.5 Å². The van der Waals surface area contributed by atoms with Gasteiger partial charge in [0.25, 0.3) is 5.91 Å². The Bertz CT molecular complexity index is 762. The molecule has 130 valence electrons. The highest BCUT2D eigenvalue weighted by Gasteiger charge is 2.14. The number of amides is 1. The molecule has 2 aromatic carbocycles. The van der Waals surface area contributed by atoms with Gasteiger partial charge in [-0.05, 0) is 24.3 Å². The number of rotatable bonds is 7. The predicted octanol–water partition coefficient (Wildman–Crippen LogP) is 2.90. The SMILES string of the molecule is O=Cc1ccc(C(=O)OCC(=O)Nc2ccccc2OC(F)F)cc1. The number of para-hydroxylation sites is 2. The van der Waals surface area contributed by atoms with Gasteiger partial charge in [0.05, 0.1) is 11.3 Å². The number of hydrogen-bond acceptors (Lipinski definition) is 5. The van der Waals surface area contributed by atoms with Crippen LogP contribution in [0.2, 0.25) is 0 Å². The summed E-state index contributed by atoms with van der Waals surface area (Å²) < 4.78 is 33.7. The molecule has 25 heavy (non-hydrogen) atoms. The Morgan fingerprint density at radius 2 is 1.76 bits per heavy atom. The van der Waals surface area contributed by atoms with Crippen molar-refractivity contribution in [2.45, 2.75) is 6.61 Å². The number of benzene rings is 2. The second-order valence-corrected chi connectivity index (χ2v) is 4.74. The third-order valence-electron chi connectivity index (χ3n) is 2.99. The summed E-state index contributed by atoms with van der Waals surface area (Å²) in [6.07, 6.45) is 0.626. The van der Waals surface area contributed by atoms with Crippen LogP contribution >= 0.6 is 0 Å². The molecule has 0 atom stereocenters. The van der Waals surface area contributed by atoms with Crippen molar-refractivity contribution in [2.24, 2.45) is 0 Å². The monoisotopic (exact) mass is 349 g/mol. The van der Waals surface area contributed by atoms with E-state index in [9.17, 15) is 23.2 Å². The fourth-order valence-electron chi connectivity index (χ4n) is 1.87. The zero-order chi connectivity index (χ0) is 18.2. The molecule has 0 bridgehead atoms. The maximum atomic E-state index is 12.3. The lowest BCUT2D eigenvalue weighted by molar-refractivity contribution is -0.119. The van der Waals surface area contributed by atoms with Crippen molar-refractivity contribution in [3.8, 4) is 5.75 Å². The van der Waals surface area contributed by atoms with Crippen LogP contribution in [0.15, 0.2) is 48.5 Å². The topological polar surface area (TPSA) is 81.7 Å². The van der Waals surface area contributed by atoms with E-state index in [2.05, 4.69) is 10.1 Å². The van der Waals surface area contributed by atoms with Gasteiger partial charge in [-0.3, -0.25) is 9.59 Å². The Kier molecular flexibility index (Phi) is 6.16. The van der Waals surface area contributed by atoms with Crippen molar-refractivity contribution in [1.29, 1.82) is 0 Å². The van der Waals surface area contributed by atoms with E-state index in [0.29, 0.717) is 11.8 Å². The molecule has 0 aliphatic rings. The van der Waals surface area contributed by atoms with Crippen LogP contribution in [0.3, 0.4) is 0 Å². The summed E-state index contributed by atoms with van der Waals surface area (Å²) in [5.74, 6) is -1.69. The summed E-state index contributed by atoms with van der Waals surface area (Å²) in [4.78, 5) is 34.2. The van der Waals surface area contributed by atoms with Crippen LogP contribution in [0.4, 0.5) is 14.5 Å². The molecule has 6 nitrogen and oxygen atoms in total. The van der Waals surface area contributed by atoms with E-state index in [1.807, 2.05) is 0 Å². The number of esters is 1. The van der Waals surface area contributed by atoms with Gasteiger partial charge in [-0.25, -0.2) is 4.79 Å². The van der Waals surface area contributed by atoms with Gasteiger partial charge < -0.3 is 14.8 Å². The largest absolute Gasteiger partial charge is 0.452 e. The molecular weight excluding hydrogens is 336 g/mol. The van der Waals surface area contributed by atoms with Crippen LogP contribution in [0.25, 0.3) is 0 Å². The highest BCUT2D eigenvalue weighted by atomic mass is 19.3. The van der Waals surface area contributed by atoms with Crippen LogP contribution < -0.4 is 10.1 Å². The molecule has 1 N–H and O–H groups in total. The molecule has 1 amide bonds. The fraction of sp³-hybridized carbons (Fsp3) is 0.118. The number of alkyl halides is 2. The lowest BCUT2D eigenvalue weighted by atomic mass is 10.1. The maximum absolute atomic E-state index is 12.3. The number of hydrogen-bond donors (Lipinski definition) is 1. The average molecular weight is 349 g/mol. The van der Waals surface area contributed by atoms with Crippen LogP contribution in [0.5, 0.6) is 5.75 Å². The Morgan fingerprint density at radius 1 is 1.08 bits per heavy atom. The number of aldehydes is 1. The van der Waals surface area contributed by atoms with Crippen molar-refractivity contribution in [3.63, 3.8) is 0 Å². The lowest BCUT2D eigenvalue weighted by Gasteiger charge is -2.11. The van der Waals surface area contributed by atoms with E-state index in [4.69, 9.17) is 4.74 Å². The third-order valence-corrected chi connectivity index (χ3v) is 2.99. The molecule has 0 aromatic heterocycles. The van der Waals surface area contributed by atoms with E-state index in [1.54, 1.807) is 0 Å². The Hall–Kier alpha value is -3.29. The first-order chi connectivity index (χ1) is 12.0. The number of nitrogens with one attached hydrogen (secondary N) is 1. The number of ether oxygens (including phenoxy) is 2. The summed E-state index contributed by atoms with van der Waals surface area (Å²) in [7, 11) is 0. The van der Waals surface area contributed by atoms with Gasteiger partial charge in [0.2, 0.25) is 0 Å². The van der Waals surface area contributed by atoms with Gasteiger partial charge in [0.1, 0.15) is 12.0 Å². The van der Waals surface area contributed by atoms with Crippen LogP contribution in [-0.4, -0.2) is 31.4 Å². The van der Waals surface area contributed by atoms with Gasteiger partial charge in [0, 0.05) is 5.56 Å². The number of carbonyl (C=O) groups is 3. The normalized spacial score (nSPS) is 10.2. The van der Waals surface area contributed by atoms with Crippen LogP contribution in [-0.2, 0) is 9.53 Å². The minimum atomic E-state index is -3.04. The van der Waals surface area contributed by atoms with E-state index < -0.39 is 25.1 Å². The number of halogens is 2. The van der Waals surface area contributed by atoms with Gasteiger partial charge in [-0.15, -0.1) is 0 Å². The highest BCUT2D eigenvalue weighted by Crippen LogP contribution is 2.25. The third kappa shape index (κ3) is 5.38. The second kappa shape index (κ2) is 8.53. The minimum absolute atomic E-state index is 0.0270. The summed E-state index contributed by atoms with van der Waals surface area (Å²) in [5, 5.41) is 2.32. The van der Waals surface area contributed by atoms with Crippen molar-refractivity contribution < 1.29 is 32.6 Å². The molecule has 2 rings (SSSR count). The molecule has 0 fully saturated rings. The molecular formula is C17H13F2NO5. The molecule has 2 aromatic rings. The quantitative estimate of drug-likeness (QED) is 0.614. The standard InChI is InChI=1S/C17H13F2NO5/c18-17(19)25-14-4-2-1-3-13(14)20-15(22)10-24-16(23)12-7-5-11(9-21)6-8-12/h1-9,17H,10H2,(H,20,22). The number of carbonyl (C=O) groups excluding carboxylic acids is 3. The Balaban J connectivity index is 1.92. The highest BCUT2D eigenvalue weighted by molar-refractivity contribution is 5.96. The fourth-order valence-corrected chi connectivity index (χ4v) is 1.87. The zero-order valence-electron chi connectivity index (χ0n) is 12.8. The summed E-state index contributed by atoms with van der Waals surface area (Å²) >= 11 is 0. The smallest absolute Gasteiger partial charge is 0.387 e. The molecule has 0 saturated heterocycles. The lowest BCUT2D eigenvalue weighted by Crippen LogP contribution is -2.21. The Morgan fingerprint density at radius 3 is 2.40 bits per heavy atom. The first kappa shape index (κ1) is 18.1. The van der Waals surface area contributed by atoms with Crippen LogP contribution in [0, 0.1) is 0 Å². The molecule has 0 heterocycles. The zero-order valence-corrected chi connectivity index (χ0v) is 12.8. The van der Waals surface area contributed by atoms with Crippen molar-refractivity contribution in [3.05, 3.63) is 59.7 Å². The molecule has 0 aliphatic carbocycles. The predicted molar refractivity (Wildman–Crippen MR) is 83.8 cm³/mol. The second-order valence-electron chi connectivity index (χ2n) is 4.74. The average Bonchev–Trinajstić information content (AvgIpc) is 2.61. The van der Waals surface area contributed by atoms with Gasteiger partial charge in [0.15, 0.2) is 6.61 Å². The van der Waals surface area contributed by atoms with Gasteiger partial charge in [-0.1, -0.05) is 24.3 Å². The maximum Gasteiger partial charge on any atom is 0.387 e. The van der Waals surface area contributed by atoms with Crippen molar-refractivity contribution in [1.82, 2.24) is 0 Å². The summed E-state index contributed by atoms with van der Waals surface area (Å²) in [6, 6.07) is 11.3. The molecule has 0 unspecified atom stereocenters.